The summed E-state index contributed by atoms with van der Waals surface area (Å²) in [5, 5.41) is 2.78. The number of nitrogens with zero attached hydrogens (tertiary/aromatic N) is 1. The fourth-order valence-electron chi connectivity index (χ4n) is 2.76. The Labute approximate surface area is 147 Å². The molecule has 0 heterocycles. The molecule has 0 aliphatic carbocycles. The van der Waals surface area contributed by atoms with Crippen LogP contribution in [0.15, 0.2) is 42.5 Å². The zero-order valence-corrected chi connectivity index (χ0v) is 14.8. The third-order valence-electron chi connectivity index (χ3n) is 3.93. The molecule has 0 saturated heterocycles. The number of hydrogen-bond acceptors (Lipinski definition) is 2. The zero-order chi connectivity index (χ0) is 18.4. The van der Waals surface area contributed by atoms with Crippen LogP contribution < -0.4 is 10.2 Å². The first-order chi connectivity index (χ1) is 11.9. The third kappa shape index (κ3) is 5.41. The van der Waals surface area contributed by atoms with Gasteiger partial charge in [-0.25, -0.2) is 4.39 Å². The van der Waals surface area contributed by atoms with Crippen LogP contribution in [-0.2, 0) is 16.0 Å². The first-order valence-corrected chi connectivity index (χ1v) is 8.23. The maximum atomic E-state index is 13.1. The Morgan fingerprint density at radius 3 is 2.52 bits per heavy atom. The van der Waals surface area contributed by atoms with E-state index < -0.39 is 0 Å². The van der Waals surface area contributed by atoms with Gasteiger partial charge in [-0.1, -0.05) is 29.8 Å². The molecule has 0 unspecified atom stereocenters. The summed E-state index contributed by atoms with van der Waals surface area (Å²) in [6.07, 6.45) is 0.112. The minimum atomic E-state index is -0.358. The van der Waals surface area contributed by atoms with E-state index in [-0.39, 0.29) is 24.1 Å². The normalized spacial score (nSPS) is 10.4. The van der Waals surface area contributed by atoms with Crippen LogP contribution in [0.3, 0.4) is 0 Å². The van der Waals surface area contributed by atoms with E-state index in [1.807, 2.05) is 32.0 Å². The highest BCUT2D eigenvalue weighted by molar-refractivity contribution is 5.92. The highest BCUT2D eigenvalue weighted by atomic mass is 19.1. The molecule has 2 aromatic rings. The molecule has 0 aliphatic heterocycles. The van der Waals surface area contributed by atoms with Crippen molar-refractivity contribution in [2.75, 3.05) is 18.0 Å². The van der Waals surface area contributed by atoms with Gasteiger partial charge in [-0.05, 0) is 43.2 Å². The predicted octanol–water partition coefficient (Wildman–Crippen LogP) is 3.15. The molecular weight excluding hydrogens is 319 g/mol. The molecule has 5 heteroatoms. The van der Waals surface area contributed by atoms with Gasteiger partial charge in [0.25, 0.3) is 0 Å². The molecular formula is C20H23FN2O2. The van der Waals surface area contributed by atoms with Crippen LogP contribution >= 0.6 is 0 Å². The van der Waals surface area contributed by atoms with E-state index in [2.05, 4.69) is 5.32 Å². The molecule has 0 spiro atoms. The molecule has 1 N–H and O–H groups in total. The molecule has 2 amide bonds. The van der Waals surface area contributed by atoms with Gasteiger partial charge in [0.15, 0.2) is 0 Å². The predicted molar refractivity (Wildman–Crippen MR) is 97.1 cm³/mol. The fraction of sp³-hybridized carbons (Fsp3) is 0.300. The van der Waals surface area contributed by atoms with Gasteiger partial charge in [0.1, 0.15) is 5.82 Å². The van der Waals surface area contributed by atoms with E-state index in [1.54, 1.807) is 17.0 Å². The molecule has 0 radical (unpaired) electrons. The van der Waals surface area contributed by atoms with Crippen molar-refractivity contribution in [3.8, 4) is 0 Å². The van der Waals surface area contributed by atoms with Crippen molar-refractivity contribution in [3.05, 3.63) is 65.0 Å². The fourth-order valence-corrected chi connectivity index (χ4v) is 2.76. The summed E-state index contributed by atoms with van der Waals surface area (Å²) in [7, 11) is 0. The van der Waals surface area contributed by atoms with E-state index in [1.165, 1.54) is 19.1 Å². The maximum absolute atomic E-state index is 13.1. The summed E-state index contributed by atoms with van der Waals surface area (Å²) in [6.45, 7) is 6.19. The number of halogens is 1. The van der Waals surface area contributed by atoms with Crippen molar-refractivity contribution >= 4 is 17.5 Å². The summed E-state index contributed by atoms with van der Waals surface area (Å²) >= 11 is 0. The molecule has 0 aromatic heterocycles. The number of benzene rings is 2. The number of carbonyl (C=O) groups is 2. The van der Waals surface area contributed by atoms with E-state index in [0.29, 0.717) is 18.7 Å². The largest absolute Gasteiger partial charge is 0.354 e. The number of carbonyl (C=O) groups excluding carboxylic acids is 2. The van der Waals surface area contributed by atoms with Crippen LogP contribution in [0.25, 0.3) is 0 Å². The van der Waals surface area contributed by atoms with E-state index >= 15 is 0 Å². The molecule has 4 nitrogen and oxygen atoms in total. The Kier molecular flexibility index (Phi) is 6.28. The Hall–Kier alpha value is -2.69. The molecule has 132 valence electrons. The lowest BCUT2D eigenvalue weighted by Gasteiger charge is -2.23. The molecule has 0 saturated carbocycles. The lowest BCUT2D eigenvalue weighted by Crippen LogP contribution is -2.38. The van der Waals surface area contributed by atoms with Gasteiger partial charge < -0.3 is 10.2 Å². The first-order valence-electron chi connectivity index (χ1n) is 8.23. The van der Waals surface area contributed by atoms with Gasteiger partial charge in [-0.15, -0.1) is 0 Å². The molecule has 2 aromatic carbocycles. The average Bonchev–Trinajstić information content (AvgIpc) is 2.52. The Morgan fingerprint density at radius 2 is 1.88 bits per heavy atom. The summed E-state index contributed by atoms with van der Waals surface area (Å²) < 4.78 is 13.1. The Bertz CT molecular complexity index is 774. The van der Waals surface area contributed by atoms with Gasteiger partial charge >= 0.3 is 0 Å². The number of nitrogens with one attached hydrogen (secondary N) is 1. The standard InChI is InChI=1S/C20H23FN2O2/c1-14-7-8-19(15(2)11-14)23(16(3)24)10-9-22-20(25)13-17-5-4-6-18(21)12-17/h4-8,11-12H,9-10,13H2,1-3H3,(H,22,25). The average molecular weight is 342 g/mol. The molecule has 25 heavy (non-hydrogen) atoms. The van der Waals surface area contributed by atoms with Crippen molar-refractivity contribution in [1.29, 1.82) is 0 Å². The summed E-state index contributed by atoms with van der Waals surface area (Å²) in [6, 6.07) is 11.9. The quantitative estimate of drug-likeness (QED) is 0.877. The third-order valence-corrected chi connectivity index (χ3v) is 3.93. The second-order valence-electron chi connectivity index (χ2n) is 6.12. The number of hydrogen-bond donors (Lipinski definition) is 1. The molecule has 0 bridgehead atoms. The lowest BCUT2D eigenvalue weighted by molar-refractivity contribution is -0.121. The SMILES string of the molecule is CC(=O)N(CCNC(=O)Cc1cccc(F)c1)c1ccc(C)cc1C. The second-order valence-corrected chi connectivity index (χ2v) is 6.12. The van der Waals surface area contributed by atoms with Crippen LogP contribution in [0.4, 0.5) is 10.1 Å². The van der Waals surface area contributed by atoms with Crippen molar-refractivity contribution in [1.82, 2.24) is 5.32 Å². The monoisotopic (exact) mass is 342 g/mol. The van der Waals surface area contributed by atoms with Gasteiger partial charge in [0, 0.05) is 25.7 Å². The van der Waals surface area contributed by atoms with Crippen LogP contribution in [0, 0.1) is 19.7 Å². The van der Waals surface area contributed by atoms with E-state index in [9.17, 15) is 14.0 Å². The van der Waals surface area contributed by atoms with Crippen LogP contribution in [0.2, 0.25) is 0 Å². The lowest BCUT2D eigenvalue weighted by atomic mass is 10.1. The van der Waals surface area contributed by atoms with Crippen molar-refractivity contribution in [3.63, 3.8) is 0 Å². The minimum absolute atomic E-state index is 0.0775. The zero-order valence-electron chi connectivity index (χ0n) is 14.8. The summed E-state index contributed by atoms with van der Waals surface area (Å²) in [5.74, 6) is -0.635. The highest BCUT2D eigenvalue weighted by Gasteiger charge is 2.14. The summed E-state index contributed by atoms with van der Waals surface area (Å²) in [4.78, 5) is 25.6. The number of anilines is 1. The van der Waals surface area contributed by atoms with Gasteiger partial charge in [-0.2, -0.15) is 0 Å². The first kappa shape index (κ1) is 18.6. The maximum Gasteiger partial charge on any atom is 0.224 e. The summed E-state index contributed by atoms with van der Waals surface area (Å²) in [5.41, 5.74) is 3.61. The van der Waals surface area contributed by atoms with Gasteiger partial charge in [0.2, 0.25) is 11.8 Å². The van der Waals surface area contributed by atoms with Gasteiger partial charge in [0.05, 0.1) is 6.42 Å². The number of rotatable bonds is 6. The van der Waals surface area contributed by atoms with Crippen molar-refractivity contribution in [2.24, 2.45) is 0 Å². The highest BCUT2D eigenvalue weighted by Crippen LogP contribution is 2.21. The van der Waals surface area contributed by atoms with E-state index in [0.717, 1.165) is 16.8 Å². The number of aryl methyl sites for hydroxylation is 2. The van der Waals surface area contributed by atoms with Crippen LogP contribution in [-0.4, -0.2) is 24.9 Å². The molecule has 0 fully saturated rings. The van der Waals surface area contributed by atoms with Gasteiger partial charge in [-0.3, -0.25) is 9.59 Å². The number of amides is 2. The van der Waals surface area contributed by atoms with E-state index in [4.69, 9.17) is 0 Å². The smallest absolute Gasteiger partial charge is 0.224 e. The van der Waals surface area contributed by atoms with Crippen LogP contribution in [0.1, 0.15) is 23.6 Å². The molecule has 0 atom stereocenters. The Balaban J connectivity index is 1.93. The van der Waals surface area contributed by atoms with Crippen LogP contribution in [0.5, 0.6) is 0 Å². The molecule has 0 aliphatic rings. The Morgan fingerprint density at radius 1 is 1.12 bits per heavy atom. The topological polar surface area (TPSA) is 49.4 Å². The minimum Gasteiger partial charge on any atom is -0.354 e. The second kappa shape index (κ2) is 8.42. The molecule has 2 rings (SSSR count). The van der Waals surface area contributed by atoms with Crippen molar-refractivity contribution in [2.45, 2.75) is 27.2 Å². The van der Waals surface area contributed by atoms with Crippen molar-refractivity contribution < 1.29 is 14.0 Å².